The van der Waals surface area contributed by atoms with Crippen LogP contribution in [0.15, 0.2) is 42.1 Å². The first kappa shape index (κ1) is 20.0. The molecule has 0 atom stereocenters. The van der Waals surface area contributed by atoms with Crippen molar-refractivity contribution in [3.63, 3.8) is 0 Å². The summed E-state index contributed by atoms with van der Waals surface area (Å²) in [6.07, 6.45) is 1.40. The Labute approximate surface area is 141 Å². The van der Waals surface area contributed by atoms with E-state index >= 15 is 0 Å². The number of likely N-dealkylation sites (N-methyl/N-ethyl adjacent to an activating group) is 1. The molecule has 2 nitrogen and oxygen atoms in total. The van der Waals surface area contributed by atoms with E-state index in [1.807, 2.05) is 24.3 Å². The highest BCUT2D eigenvalue weighted by Crippen LogP contribution is 2.29. The van der Waals surface area contributed by atoms with Gasteiger partial charge in [-0.15, -0.1) is 0 Å². The molecule has 5 heteroatoms. The summed E-state index contributed by atoms with van der Waals surface area (Å²) in [6, 6.07) is 7.72. The van der Waals surface area contributed by atoms with Crippen LogP contribution in [0.3, 0.4) is 0 Å². The van der Waals surface area contributed by atoms with Crippen molar-refractivity contribution in [1.29, 1.82) is 0 Å². The third-order valence-electron chi connectivity index (χ3n) is 3.80. The molecule has 0 aliphatic heterocycles. The van der Waals surface area contributed by atoms with Crippen molar-refractivity contribution < 1.29 is 18.0 Å². The van der Waals surface area contributed by atoms with Gasteiger partial charge in [0.25, 0.3) is 0 Å². The monoisotopic (exact) mass is 339 g/mol. The molecule has 24 heavy (non-hydrogen) atoms. The summed E-state index contributed by atoms with van der Waals surface area (Å²) >= 11 is 0. The molecule has 0 aromatic heterocycles. The Kier molecular flexibility index (Phi) is 7.26. The fourth-order valence-corrected chi connectivity index (χ4v) is 2.57. The van der Waals surface area contributed by atoms with Gasteiger partial charge in [-0.1, -0.05) is 49.8 Å². The van der Waals surface area contributed by atoms with Gasteiger partial charge in [0.05, 0.1) is 0 Å². The Hall–Kier alpha value is -2.04. The zero-order valence-corrected chi connectivity index (χ0v) is 14.6. The summed E-state index contributed by atoms with van der Waals surface area (Å²) < 4.78 is 38.2. The molecule has 0 spiro atoms. The van der Waals surface area contributed by atoms with Gasteiger partial charge in [-0.25, -0.2) is 0 Å². The average Bonchev–Trinajstić information content (AvgIpc) is 2.55. The predicted molar refractivity (Wildman–Crippen MR) is 91.3 cm³/mol. The van der Waals surface area contributed by atoms with Gasteiger partial charge < -0.3 is 4.90 Å². The smallest absolute Gasteiger partial charge is 0.307 e. The second-order valence-electron chi connectivity index (χ2n) is 5.54. The molecule has 0 saturated carbocycles. The van der Waals surface area contributed by atoms with Crippen molar-refractivity contribution in [3.05, 3.63) is 53.2 Å². The van der Waals surface area contributed by atoms with Crippen molar-refractivity contribution in [1.82, 2.24) is 4.90 Å². The number of carbonyl (C=O) groups excluding carboxylic acids is 1. The standard InChI is InChI=1S/C19H24F3NO/c1-5-8-10-14-11-9-12-15(13-14)16(6-2)17(7-3)23(4)18(24)19(20,21)22/h6-7,9,11-13H,5,8,10H2,1-4H3/b16-6-,17-7+. The topological polar surface area (TPSA) is 20.3 Å². The van der Waals surface area contributed by atoms with Crippen LogP contribution in [0.1, 0.15) is 44.7 Å². The highest BCUT2D eigenvalue weighted by Gasteiger charge is 2.42. The van der Waals surface area contributed by atoms with Gasteiger partial charge in [0.2, 0.25) is 0 Å². The maximum Gasteiger partial charge on any atom is 0.471 e. The number of hydrogen-bond acceptors (Lipinski definition) is 1. The normalized spacial score (nSPS) is 13.1. The molecule has 1 aromatic carbocycles. The van der Waals surface area contributed by atoms with Crippen LogP contribution in [-0.4, -0.2) is 24.0 Å². The first-order valence-electron chi connectivity index (χ1n) is 8.03. The largest absolute Gasteiger partial charge is 0.471 e. The molecule has 0 bridgehead atoms. The van der Waals surface area contributed by atoms with Gasteiger partial charge in [-0.3, -0.25) is 4.79 Å². The van der Waals surface area contributed by atoms with E-state index in [1.54, 1.807) is 19.9 Å². The summed E-state index contributed by atoms with van der Waals surface area (Å²) in [5.41, 5.74) is 2.79. The number of allylic oxidation sites excluding steroid dienone is 3. The number of halogens is 3. The van der Waals surface area contributed by atoms with Crippen molar-refractivity contribution in [2.24, 2.45) is 0 Å². The van der Waals surface area contributed by atoms with Gasteiger partial charge in [-0.2, -0.15) is 13.2 Å². The van der Waals surface area contributed by atoms with Gasteiger partial charge in [0.1, 0.15) is 0 Å². The second-order valence-corrected chi connectivity index (χ2v) is 5.54. The van der Waals surface area contributed by atoms with Crippen LogP contribution < -0.4 is 0 Å². The van der Waals surface area contributed by atoms with Gasteiger partial charge in [0.15, 0.2) is 0 Å². The zero-order chi connectivity index (χ0) is 18.3. The van der Waals surface area contributed by atoms with Crippen molar-refractivity contribution in [2.75, 3.05) is 7.05 Å². The Morgan fingerprint density at radius 1 is 1.21 bits per heavy atom. The van der Waals surface area contributed by atoms with Crippen molar-refractivity contribution >= 4 is 11.5 Å². The number of aryl methyl sites for hydroxylation is 1. The number of rotatable bonds is 6. The molecule has 1 aromatic rings. The van der Waals surface area contributed by atoms with Crippen LogP contribution in [0.2, 0.25) is 0 Å². The molecule has 0 heterocycles. The quantitative estimate of drug-likeness (QED) is 0.639. The third-order valence-corrected chi connectivity index (χ3v) is 3.80. The summed E-state index contributed by atoms with van der Waals surface area (Å²) in [6.45, 7) is 5.49. The molecular weight excluding hydrogens is 315 g/mol. The van der Waals surface area contributed by atoms with Crippen molar-refractivity contribution in [2.45, 2.75) is 46.2 Å². The molecular formula is C19H24F3NO. The van der Waals surface area contributed by atoms with E-state index in [0.717, 1.165) is 37.4 Å². The van der Waals surface area contributed by atoms with E-state index in [0.29, 0.717) is 10.5 Å². The summed E-state index contributed by atoms with van der Waals surface area (Å²) in [4.78, 5) is 12.2. The van der Waals surface area contributed by atoms with E-state index in [-0.39, 0.29) is 5.70 Å². The van der Waals surface area contributed by atoms with E-state index in [2.05, 4.69) is 6.92 Å². The number of nitrogens with zero attached hydrogens (tertiary/aromatic N) is 1. The van der Waals surface area contributed by atoms with Crippen LogP contribution in [0, 0.1) is 0 Å². The van der Waals surface area contributed by atoms with E-state index in [1.165, 1.54) is 6.08 Å². The summed E-state index contributed by atoms with van der Waals surface area (Å²) in [7, 11) is 1.15. The van der Waals surface area contributed by atoms with Gasteiger partial charge >= 0.3 is 12.1 Å². The Morgan fingerprint density at radius 3 is 2.38 bits per heavy atom. The molecule has 132 valence electrons. The first-order chi connectivity index (χ1) is 11.3. The van der Waals surface area contributed by atoms with Crippen LogP contribution >= 0.6 is 0 Å². The zero-order valence-electron chi connectivity index (χ0n) is 14.6. The van der Waals surface area contributed by atoms with Gasteiger partial charge in [0, 0.05) is 18.3 Å². The fraction of sp³-hybridized carbons (Fsp3) is 0.421. The summed E-state index contributed by atoms with van der Waals surface area (Å²) in [5, 5.41) is 0. The van der Waals surface area contributed by atoms with Crippen LogP contribution in [-0.2, 0) is 11.2 Å². The molecule has 0 radical (unpaired) electrons. The Morgan fingerprint density at radius 2 is 1.88 bits per heavy atom. The predicted octanol–water partition coefficient (Wildman–Crippen LogP) is 5.36. The minimum atomic E-state index is -4.90. The molecule has 0 aliphatic carbocycles. The first-order valence-corrected chi connectivity index (χ1v) is 8.03. The van der Waals surface area contributed by atoms with Crippen LogP contribution in [0.5, 0.6) is 0 Å². The molecule has 0 N–H and O–H groups in total. The lowest BCUT2D eigenvalue weighted by atomic mass is 9.97. The SMILES string of the molecule is C/C=C(\C(=C/C)N(C)C(=O)C(F)(F)F)c1cccc(CCCC)c1. The van der Waals surface area contributed by atoms with E-state index in [4.69, 9.17) is 0 Å². The van der Waals surface area contributed by atoms with Crippen LogP contribution in [0.4, 0.5) is 13.2 Å². The highest BCUT2D eigenvalue weighted by molar-refractivity contribution is 5.89. The lowest BCUT2D eigenvalue weighted by molar-refractivity contribution is -0.181. The Balaban J connectivity index is 3.18. The lowest BCUT2D eigenvalue weighted by Gasteiger charge is -2.24. The van der Waals surface area contributed by atoms with E-state index in [9.17, 15) is 18.0 Å². The Bertz CT molecular complexity index is 630. The molecule has 0 saturated heterocycles. The molecule has 0 aliphatic rings. The highest BCUT2D eigenvalue weighted by atomic mass is 19.4. The lowest BCUT2D eigenvalue weighted by Crippen LogP contribution is -2.38. The van der Waals surface area contributed by atoms with E-state index < -0.39 is 12.1 Å². The van der Waals surface area contributed by atoms with Crippen molar-refractivity contribution in [3.8, 4) is 0 Å². The number of benzene rings is 1. The molecule has 0 unspecified atom stereocenters. The minimum Gasteiger partial charge on any atom is -0.307 e. The number of hydrogen-bond donors (Lipinski definition) is 0. The number of unbranched alkanes of at least 4 members (excludes halogenated alkanes) is 1. The maximum atomic E-state index is 12.7. The average molecular weight is 339 g/mol. The second kappa shape index (κ2) is 8.71. The number of carbonyl (C=O) groups is 1. The molecule has 0 fully saturated rings. The maximum absolute atomic E-state index is 12.7. The third kappa shape index (κ3) is 4.98. The number of amides is 1. The number of alkyl halides is 3. The minimum absolute atomic E-state index is 0.243. The summed E-state index contributed by atoms with van der Waals surface area (Å²) in [5.74, 6) is -1.88. The molecule has 1 rings (SSSR count). The van der Waals surface area contributed by atoms with Gasteiger partial charge in [-0.05, 0) is 37.8 Å². The molecule has 1 amide bonds. The van der Waals surface area contributed by atoms with Crippen LogP contribution in [0.25, 0.3) is 5.57 Å². The fourth-order valence-electron chi connectivity index (χ4n) is 2.57.